The van der Waals surface area contributed by atoms with Gasteiger partial charge in [-0.1, -0.05) is 0 Å². The molecule has 0 heterocycles. The fourth-order valence-corrected chi connectivity index (χ4v) is 0.309. The lowest BCUT2D eigenvalue weighted by molar-refractivity contribution is -0.131. The number of carbonyl (C=O) groups is 1. The summed E-state index contributed by atoms with van der Waals surface area (Å²) in [7, 11) is 0.544. The van der Waals surface area contributed by atoms with Gasteiger partial charge in [0.25, 0.3) is 0 Å². The van der Waals surface area contributed by atoms with Crippen molar-refractivity contribution >= 4 is 16.5 Å². The number of hydrogen-bond acceptors (Lipinski definition) is 3. The van der Waals surface area contributed by atoms with Gasteiger partial charge in [0.1, 0.15) is 0 Å². The summed E-state index contributed by atoms with van der Waals surface area (Å²) < 4.78 is 4.43. The number of hydrogen-bond donors (Lipinski definition) is 2. The average Bonchev–Trinajstić information content (AvgIpc) is 1.66. The van der Waals surface area contributed by atoms with Gasteiger partial charge in [0.2, 0.25) is 0 Å². The van der Waals surface area contributed by atoms with Crippen LogP contribution in [0.1, 0.15) is 0 Å². The average molecular weight is 133 g/mol. The number of nitrogens with one attached hydrogen (secondary N) is 1. The van der Waals surface area contributed by atoms with Crippen molar-refractivity contribution in [3.8, 4) is 0 Å². The molecule has 0 aromatic rings. The second-order valence-corrected chi connectivity index (χ2v) is 1.40. The lowest BCUT2D eigenvalue weighted by atomic mass is 10.6. The van der Waals surface area contributed by atoms with E-state index in [0.717, 1.165) is 6.08 Å². The van der Waals surface area contributed by atoms with Crippen LogP contribution in [0.5, 0.6) is 0 Å². The van der Waals surface area contributed by atoms with Crippen molar-refractivity contribution in [2.75, 3.05) is 0 Å². The van der Waals surface area contributed by atoms with Crippen LogP contribution < -0.4 is 5.48 Å². The molecule has 0 amide bonds. The first-order chi connectivity index (χ1) is 3.77. The molecule has 0 atom stereocenters. The van der Waals surface area contributed by atoms with Crippen LogP contribution >= 0.6 is 0 Å². The van der Waals surface area contributed by atoms with Crippen molar-refractivity contribution < 1.29 is 14.4 Å². The van der Waals surface area contributed by atoms with Gasteiger partial charge in [0.15, 0.2) is 10.5 Å². The van der Waals surface area contributed by atoms with Crippen LogP contribution in [0.25, 0.3) is 0 Å². The van der Waals surface area contributed by atoms with Crippen molar-refractivity contribution in [2.45, 2.75) is 0 Å². The van der Waals surface area contributed by atoms with Gasteiger partial charge in [-0.25, -0.2) is 4.79 Å². The van der Waals surface area contributed by atoms with Crippen LogP contribution in [0.3, 0.4) is 0 Å². The van der Waals surface area contributed by atoms with E-state index in [4.69, 9.17) is 5.11 Å². The molecule has 0 saturated heterocycles. The summed E-state index contributed by atoms with van der Waals surface area (Å²) in [6.07, 6.45) is 2.17. The van der Waals surface area contributed by atoms with E-state index in [1.807, 2.05) is 0 Å². The summed E-state index contributed by atoms with van der Waals surface area (Å²) in [6.45, 7) is 0. The van der Waals surface area contributed by atoms with Gasteiger partial charge in [-0.05, 0) is 0 Å². The molecule has 0 fully saturated rings. The maximum atomic E-state index is 9.70. The van der Waals surface area contributed by atoms with E-state index in [9.17, 15) is 4.79 Å². The monoisotopic (exact) mass is 133 g/mol. The summed E-state index contributed by atoms with van der Waals surface area (Å²) >= 11 is 0. The second kappa shape index (κ2) is 4.35. The highest BCUT2D eigenvalue weighted by Crippen LogP contribution is 1.65. The molecule has 0 aliphatic heterocycles. The molecule has 0 radical (unpaired) electrons. The quantitative estimate of drug-likeness (QED) is 0.276. The van der Waals surface area contributed by atoms with E-state index in [2.05, 4.69) is 10.0 Å². The van der Waals surface area contributed by atoms with Crippen LogP contribution in [0.15, 0.2) is 12.3 Å². The first-order valence-corrected chi connectivity index (χ1v) is 2.77. The third-order valence-electron chi connectivity index (χ3n) is 0.412. The molecule has 8 heavy (non-hydrogen) atoms. The summed E-state index contributed by atoms with van der Waals surface area (Å²) in [5, 5.41) is 7.97. The molecule has 0 spiro atoms. The number of rotatable bonds is 3. The van der Waals surface area contributed by atoms with Gasteiger partial charge in [0.05, 0.1) is 0 Å². The normalized spacial score (nSPS) is 10.0. The Morgan fingerprint density at radius 1 is 1.88 bits per heavy atom. The summed E-state index contributed by atoms with van der Waals surface area (Å²) in [6, 6.07) is 0. The van der Waals surface area contributed by atoms with E-state index >= 15 is 0 Å². The lowest BCUT2D eigenvalue weighted by Crippen LogP contribution is -2.03. The minimum atomic E-state index is -0.990. The van der Waals surface area contributed by atoms with Gasteiger partial charge in [0, 0.05) is 12.3 Å². The highest BCUT2D eigenvalue weighted by Gasteiger charge is 1.80. The largest absolute Gasteiger partial charge is 0.478 e. The highest BCUT2D eigenvalue weighted by molar-refractivity contribution is 5.97. The summed E-state index contributed by atoms with van der Waals surface area (Å²) in [5.41, 5.74) is 2.28. The van der Waals surface area contributed by atoms with E-state index in [-0.39, 0.29) is 0 Å². The van der Waals surface area contributed by atoms with Crippen molar-refractivity contribution in [2.24, 2.45) is 0 Å². The molecule has 0 aromatic carbocycles. The van der Waals surface area contributed by atoms with Crippen LogP contribution in [-0.2, 0) is 9.32 Å². The van der Waals surface area contributed by atoms with Crippen molar-refractivity contribution in [1.29, 1.82) is 0 Å². The predicted molar refractivity (Wildman–Crippen MR) is 30.9 cm³/mol. The Kier molecular flexibility index (Phi) is 3.91. The Balaban J connectivity index is 3.20. The Hall–Kier alpha value is -0.813. The van der Waals surface area contributed by atoms with Crippen molar-refractivity contribution in [3.05, 3.63) is 12.3 Å². The smallest absolute Gasteiger partial charge is 0.329 e. The first kappa shape index (κ1) is 7.19. The molecule has 0 aromatic heterocycles. The Bertz CT molecular complexity index is 103. The summed E-state index contributed by atoms with van der Waals surface area (Å²) in [4.78, 5) is 9.70. The highest BCUT2D eigenvalue weighted by atomic mass is 28.2. The molecule has 0 unspecified atom stereocenters. The van der Waals surface area contributed by atoms with E-state index < -0.39 is 5.97 Å². The first-order valence-electron chi connectivity index (χ1n) is 1.95. The number of carboxylic acids is 1. The molecule has 0 bridgehead atoms. The van der Waals surface area contributed by atoms with E-state index in [1.165, 1.54) is 6.20 Å². The topological polar surface area (TPSA) is 58.6 Å². The molecule has 0 aliphatic rings. The molecular weight excluding hydrogens is 126 g/mol. The standard InChI is InChI=1S/C3H7NO3Si/c5-3(6)1-2-4-7-8/h1-2,4H,8H3,(H,5,6). The predicted octanol–water partition coefficient (Wildman–Crippen LogP) is -1.61. The molecule has 2 N–H and O–H groups in total. The molecule has 4 nitrogen and oxygen atoms in total. The van der Waals surface area contributed by atoms with Crippen LogP contribution in [0.2, 0.25) is 0 Å². The van der Waals surface area contributed by atoms with Gasteiger partial charge in [-0.2, -0.15) is 0 Å². The Morgan fingerprint density at radius 2 is 2.50 bits per heavy atom. The van der Waals surface area contributed by atoms with Crippen LogP contribution in [-0.4, -0.2) is 21.6 Å². The zero-order valence-corrected chi connectivity index (χ0v) is 6.42. The number of aliphatic carboxylic acids is 1. The van der Waals surface area contributed by atoms with Gasteiger partial charge >= 0.3 is 5.97 Å². The van der Waals surface area contributed by atoms with E-state index in [0.29, 0.717) is 10.5 Å². The third-order valence-corrected chi connectivity index (χ3v) is 0.648. The van der Waals surface area contributed by atoms with E-state index in [1.54, 1.807) is 0 Å². The molecule has 0 rings (SSSR count). The van der Waals surface area contributed by atoms with Gasteiger partial charge in [-0.3, -0.25) is 5.48 Å². The second-order valence-electron chi connectivity index (χ2n) is 0.994. The SMILES string of the molecule is O=C(O)C=CNO[SiH3]. The summed E-state index contributed by atoms with van der Waals surface area (Å²) in [5.74, 6) is -0.990. The fraction of sp³-hybridized carbons (Fsp3) is 0. The van der Waals surface area contributed by atoms with Crippen molar-refractivity contribution in [1.82, 2.24) is 5.48 Å². The molecule has 0 saturated carbocycles. The maximum absolute atomic E-state index is 9.70. The Labute approximate surface area is 49.6 Å². The zero-order valence-electron chi connectivity index (χ0n) is 4.42. The van der Waals surface area contributed by atoms with Crippen molar-refractivity contribution in [3.63, 3.8) is 0 Å². The minimum Gasteiger partial charge on any atom is -0.478 e. The molecule has 46 valence electrons. The molecule has 5 heteroatoms. The fourth-order valence-electron chi connectivity index (χ4n) is 0.173. The van der Waals surface area contributed by atoms with Gasteiger partial charge < -0.3 is 9.63 Å². The Morgan fingerprint density at radius 3 is 2.88 bits per heavy atom. The van der Waals surface area contributed by atoms with Gasteiger partial charge in [-0.15, -0.1) is 0 Å². The molecular formula is C3H7NO3Si. The lowest BCUT2D eigenvalue weighted by Gasteiger charge is -1.89. The molecule has 0 aliphatic carbocycles. The number of carboxylic acid groups (broad SMARTS) is 1. The van der Waals surface area contributed by atoms with Crippen LogP contribution in [0.4, 0.5) is 0 Å². The minimum absolute atomic E-state index is 0.544. The zero-order chi connectivity index (χ0) is 6.41. The number of hydroxylamine groups is 1. The maximum Gasteiger partial charge on any atom is 0.329 e. The third kappa shape index (κ3) is 5.19. The van der Waals surface area contributed by atoms with Crippen LogP contribution in [0, 0.1) is 0 Å².